The van der Waals surface area contributed by atoms with E-state index in [-0.39, 0.29) is 17.3 Å². The largest absolute Gasteiger partial charge is 0.462 e. The van der Waals surface area contributed by atoms with Crippen molar-refractivity contribution in [3.8, 4) is 0 Å². The molecule has 1 N–H and O–H groups in total. The van der Waals surface area contributed by atoms with Gasteiger partial charge in [0, 0.05) is 5.69 Å². The van der Waals surface area contributed by atoms with E-state index >= 15 is 0 Å². The van der Waals surface area contributed by atoms with Gasteiger partial charge < -0.3 is 19.5 Å². The van der Waals surface area contributed by atoms with E-state index in [1.165, 1.54) is 0 Å². The lowest BCUT2D eigenvalue weighted by Gasteiger charge is -2.16. The third-order valence-electron chi connectivity index (χ3n) is 3.76. The van der Waals surface area contributed by atoms with E-state index in [1.807, 2.05) is 0 Å². The Balaban J connectivity index is 1.74. The van der Waals surface area contributed by atoms with Crippen LogP contribution in [0.3, 0.4) is 0 Å². The minimum atomic E-state index is -1.31. The summed E-state index contributed by atoms with van der Waals surface area (Å²) in [6, 6.07) is 14.6. The summed E-state index contributed by atoms with van der Waals surface area (Å²) in [5.41, 5.74) is 1.29. The second-order valence-electron chi connectivity index (χ2n) is 5.66. The smallest absolute Gasteiger partial charge is 0.355 e. The monoisotopic (exact) mass is 401 g/mol. The van der Waals surface area contributed by atoms with Crippen LogP contribution in [0.5, 0.6) is 0 Å². The Labute approximate surface area is 165 Å². The maximum absolute atomic E-state index is 12.2. The Morgan fingerprint density at radius 3 is 2.32 bits per heavy atom. The highest BCUT2D eigenvalue weighted by Crippen LogP contribution is 2.28. The van der Waals surface area contributed by atoms with Crippen LogP contribution < -0.4 is 5.32 Å². The van der Waals surface area contributed by atoms with Crippen molar-refractivity contribution in [3.05, 3.63) is 76.5 Å². The number of carbonyl (C=O) groups excluding carboxylic acids is 3. The van der Waals surface area contributed by atoms with Crippen molar-refractivity contribution in [2.45, 2.75) is 13.2 Å². The molecular formula is C20H16ClNO6. The van der Waals surface area contributed by atoms with E-state index in [9.17, 15) is 14.4 Å². The molecule has 0 fully saturated rings. The summed E-state index contributed by atoms with van der Waals surface area (Å²) in [7, 11) is 0. The zero-order valence-electron chi connectivity index (χ0n) is 14.8. The Hall–Kier alpha value is -3.32. The minimum absolute atomic E-state index is 0.0971. The Bertz CT molecular complexity index is 923. The van der Waals surface area contributed by atoms with Crippen molar-refractivity contribution in [2.75, 3.05) is 11.9 Å². The predicted octanol–water partition coefficient (Wildman–Crippen LogP) is 3.47. The Kier molecular flexibility index (Phi) is 5.96. The van der Waals surface area contributed by atoms with E-state index in [4.69, 9.17) is 25.8 Å². The quantitative estimate of drug-likeness (QED) is 0.741. The zero-order chi connectivity index (χ0) is 20.1. The lowest BCUT2D eigenvalue weighted by Crippen LogP contribution is -2.24. The van der Waals surface area contributed by atoms with Gasteiger partial charge in [0.25, 0.3) is 6.29 Å². The molecule has 8 heteroatoms. The van der Waals surface area contributed by atoms with Gasteiger partial charge in [-0.05, 0) is 43.3 Å². The molecule has 0 amide bonds. The molecule has 3 rings (SSSR count). The van der Waals surface area contributed by atoms with E-state index in [1.54, 1.807) is 61.5 Å². The average Bonchev–Trinajstić information content (AvgIpc) is 2.97. The molecule has 2 aromatic carbocycles. The van der Waals surface area contributed by atoms with Crippen molar-refractivity contribution in [1.29, 1.82) is 0 Å². The van der Waals surface area contributed by atoms with Gasteiger partial charge in [0.05, 0.1) is 17.7 Å². The molecule has 144 valence electrons. The number of rotatable bonds is 6. The lowest BCUT2D eigenvalue weighted by molar-refractivity contribution is -0.152. The standard InChI is InChI=1S/C20H16ClNO6/c1-2-26-17(23)13-8-10-14(11-9-13)22-16-15(21)19(25)28-20(16)27-18(24)12-6-4-3-5-7-12/h3-11,20,22H,2H2,1H3/t20-/m0/s1. The van der Waals surface area contributed by atoms with E-state index < -0.39 is 24.2 Å². The molecule has 0 aromatic heterocycles. The second-order valence-corrected chi connectivity index (χ2v) is 6.04. The van der Waals surface area contributed by atoms with Crippen LogP contribution in [-0.4, -0.2) is 30.8 Å². The van der Waals surface area contributed by atoms with Gasteiger partial charge in [-0.25, -0.2) is 14.4 Å². The molecule has 0 radical (unpaired) electrons. The normalized spacial score (nSPS) is 15.8. The van der Waals surface area contributed by atoms with Gasteiger partial charge in [-0.2, -0.15) is 0 Å². The molecule has 1 atom stereocenters. The SMILES string of the molecule is CCOC(=O)c1ccc(NC2=C(Cl)C(=O)O[C@@H]2OC(=O)c2ccccc2)cc1. The first-order valence-corrected chi connectivity index (χ1v) is 8.78. The molecule has 28 heavy (non-hydrogen) atoms. The molecule has 7 nitrogen and oxygen atoms in total. The molecule has 1 aliphatic heterocycles. The number of ether oxygens (including phenoxy) is 3. The summed E-state index contributed by atoms with van der Waals surface area (Å²) in [6.45, 7) is 1.99. The number of esters is 3. The van der Waals surface area contributed by atoms with Gasteiger partial charge >= 0.3 is 17.9 Å². The van der Waals surface area contributed by atoms with E-state index in [2.05, 4.69) is 5.32 Å². The first kappa shape index (κ1) is 19.4. The highest BCUT2D eigenvalue weighted by Gasteiger charge is 2.36. The number of benzene rings is 2. The first-order chi connectivity index (χ1) is 13.5. The second kappa shape index (κ2) is 8.58. The number of anilines is 1. The predicted molar refractivity (Wildman–Crippen MR) is 101 cm³/mol. The van der Waals surface area contributed by atoms with Crippen LogP contribution in [0, 0.1) is 0 Å². The Morgan fingerprint density at radius 1 is 1.04 bits per heavy atom. The number of hydrogen-bond acceptors (Lipinski definition) is 7. The third-order valence-corrected chi connectivity index (χ3v) is 4.12. The maximum Gasteiger partial charge on any atom is 0.355 e. The van der Waals surface area contributed by atoms with Crippen molar-refractivity contribution in [2.24, 2.45) is 0 Å². The van der Waals surface area contributed by atoms with Crippen LogP contribution in [0.4, 0.5) is 5.69 Å². The highest BCUT2D eigenvalue weighted by atomic mass is 35.5. The zero-order valence-corrected chi connectivity index (χ0v) is 15.6. The molecule has 2 aromatic rings. The molecule has 0 unspecified atom stereocenters. The first-order valence-electron chi connectivity index (χ1n) is 8.40. The van der Waals surface area contributed by atoms with Gasteiger partial charge in [0.1, 0.15) is 5.70 Å². The topological polar surface area (TPSA) is 90.9 Å². The van der Waals surface area contributed by atoms with E-state index in [0.29, 0.717) is 16.8 Å². The molecule has 0 aliphatic carbocycles. The molecule has 1 heterocycles. The summed E-state index contributed by atoms with van der Waals surface area (Å²) in [5, 5.41) is 2.68. The van der Waals surface area contributed by atoms with Gasteiger partial charge in [-0.15, -0.1) is 0 Å². The number of nitrogens with one attached hydrogen (secondary N) is 1. The summed E-state index contributed by atoms with van der Waals surface area (Å²) in [6.07, 6.45) is -1.31. The van der Waals surface area contributed by atoms with Crippen molar-refractivity contribution < 1.29 is 28.6 Å². The van der Waals surface area contributed by atoms with Crippen molar-refractivity contribution in [1.82, 2.24) is 0 Å². The summed E-state index contributed by atoms with van der Waals surface area (Å²) in [4.78, 5) is 35.8. The van der Waals surface area contributed by atoms with Crippen molar-refractivity contribution in [3.63, 3.8) is 0 Å². The fourth-order valence-corrected chi connectivity index (χ4v) is 2.60. The fraction of sp³-hybridized carbons (Fsp3) is 0.150. The number of hydrogen-bond donors (Lipinski definition) is 1. The van der Waals surface area contributed by atoms with Crippen molar-refractivity contribution >= 4 is 35.2 Å². The molecule has 0 spiro atoms. The lowest BCUT2D eigenvalue weighted by atomic mass is 10.2. The number of halogens is 1. The maximum atomic E-state index is 12.2. The fourth-order valence-electron chi connectivity index (χ4n) is 2.42. The molecular weight excluding hydrogens is 386 g/mol. The van der Waals surface area contributed by atoms with Gasteiger partial charge in [0.2, 0.25) is 0 Å². The summed E-state index contributed by atoms with van der Waals surface area (Å²) in [5.74, 6) is -1.92. The molecule has 1 aliphatic rings. The molecule has 0 saturated heterocycles. The van der Waals surface area contributed by atoms with Crippen LogP contribution in [0.2, 0.25) is 0 Å². The minimum Gasteiger partial charge on any atom is -0.462 e. The van der Waals surface area contributed by atoms with E-state index in [0.717, 1.165) is 0 Å². The number of cyclic esters (lactones) is 1. The highest BCUT2D eigenvalue weighted by molar-refractivity contribution is 6.42. The summed E-state index contributed by atoms with van der Waals surface area (Å²) < 4.78 is 15.2. The molecule has 0 saturated carbocycles. The van der Waals surface area contributed by atoms with Crippen LogP contribution >= 0.6 is 11.6 Å². The molecule has 0 bridgehead atoms. The third kappa shape index (κ3) is 4.32. The van der Waals surface area contributed by atoms with Crippen LogP contribution in [0.1, 0.15) is 27.6 Å². The number of carbonyl (C=O) groups is 3. The Morgan fingerprint density at radius 2 is 1.68 bits per heavy atom. The van der Waals surface area contributed by atoms with Crippen LogP contribution in [-0.2, 0) is 19.0 Å². The van der Waals surface area contributed by atoms with Crippen LogP contribution in [0.25, 0.3) is 0 Å². The van der Waals surface area contributed by atoms with Gasteiger partial charge in [0.15, 0.2) is 5.03 Å². The average molecular weight is 402 g/mol. The summed E-state index contributed by atoms with van der Waals surface area (Å²) >= 11 is 6.00. The van der Waals surface area contributed by atoms with Crippen LogP contribution in [0.15, 0.2) is 65.3 Å². The van der Waals surface area contributed by atoms with Gasteiger partial charge in [-0.3, -0.25) is 0 Å². The van der Waals surface area contributed by atoms with Gasteiger partial charge in [-0.1, -0.05) is 29.8 Å².